The van der Waals surface area contributed by atoms with Crippen molar-refractivity contribution >= 4 is 45.8 Å². The van der Waals surface area contributed by atoms with Crippen LogP contribution in [-0.2, 0) is 6.42 Å². The molecule has 168 valence electrons. The van der Waals surface area contributed by atoms with Gasteiger partial charge in [-0.15, -0.1) is 0 Å². The van der Waals surface area contributed by atoms with E-state index >= 15 is 0 Å². The first kappa shape index (κ1) is 22.9. The summed E-state index contributed by atoms with van der Waals surface area (Å²) in [6, 6.07) is 11.3. The van der Waals surface area contributed by atoms with E-state index in [1.54, 1.807) is 30.3 Å². The lowest BCUT2D eigenvalue weighted by Gasteiger charge is -2.34. The molecule has 0 saturated carbocycles. The number of nitrogens with one attached hydrogen (secondary N) is 1. The topological polar surface area (TPSA) is 61.4 Å². The molecule has 1 saturated heterocycles. The molecule has 0 spiro atoms. The molecule has 1 fully saturated rings. The molecule has 4 rings (SSSR count). The molecule has 6 nitrogen and oxygen atoms in total. The summed E-state index contributed by atoms with van der Waals surface area (Å²) in [7, 11) is 0. The lowest BCUT2D eigenvalue weighted by Crippen LogP contribution is -2.48. The average Bonchev–Trinajstić information content (AvgIpc) is 3.24. The van der Waals surface area contributed by atoms with Crippen molar-refractivity contribution in [2.45, 2.75) is 6.42 Å². The number of hydrogen-bond acceptors (Lipinski definition) is 6. The van der Waals surface area contributed by atoms with E-state index in [1.807, 2.05) is 0 Å². The van der Waals surface area contributed by atoms with Crippen LogP contribution in [0.2, 0.25) is 10.0 Å². The van der Waals surface area contributed by atoms with Crippen LogP contribution in [0.1, 0.15) is 21.7 Å². The van der Waals surface area contributed by atoms with E-state index in [4.69, 9.17) is 23.2 Å². The van der Waals surface area contributed by atoms with Crippen molar-refractivity contribution in [1.82, 2.24) is 19.6 Å². The predicted octanol–water partition coefficient (Wildman–Crippen LogP) is 4.13. The number of benzene rings is 2. The van der Waals surface area contributed by atoms with Gasteiger partial charge in [0.25, 0.3) is 5.91 Å². The Bertz CT molecular complexity index is 1070. The highest BCUT2D eigenvalue weighted by molar-refractivity contribution is 7.09. The van der Waals surface area contributed by atoms with Gasteiger partial charge in [0.2, 0.25) is 5.13 Å². The molecule has 1 N–H and O–H groups in total. The summed E-state index contributed by atoms with van der Waals surface area (Å²) in [5.41, 5.74) is 1.41. The van der Waals surface area contributed by atoms with E-state index < -0.39 is 0 Å². The molecular formula is C22H22Cl2FN5OS. The second kappa shape index (κ2) is 10.6. The van der Waals surface area contributed by atoms with Crippen LogP contribution in [0.25, 0.3) is 0 Å². The Labute approximate surface area is 200 Å². The summed E-state index contributed by atoms with van der Waals surface area (Å²) in [4.78, 5) is 21.5. The van der Waals surface area contributed by atoms with Crippen molar-refractivity contribution in [3.8, 4) is 0 Å². The van der Waals surface area contributed by atoms with E-state index in [0.29, 0.717) is 28.6 Å². The Morgan fingerprint density at radius 3 is 2.56 bits per heavy atom. The third-order valence-corrected chi connectivity index (χ3v) is 6.63. The van der Waals surface area contributed by atoms with Gasteiger partial charge in [-0.3, -0.25) is 9.69 Å². The molecule has 0 bridgehead atoms. The minimum absolute atomic E-state index is 0.201. The van der Waals surface area contributed by atoms with Crippen LogP contribution in [0.15, 0.2) is 42.5 Å². The van der Waals surface area contributed by atoms with E-state index in [2.05, 4.69) is 24.5 Å². The maximum absolute atomic E-state index is 13.1. The summed E-state index contributed by atoms with van der Waals surface area (Å²) in [6.07, 6.45) is 0.591. The van der Waals surface area contributed by atoms with E-state index in [-0.39, 0.29) is 11.7 Å². The molecule has 10 heteroatoms. The van der Waals surface area contributed by atoms with Crippen molar-refractivity contribution < 1.29 is 9.18 Å². The molecule has 1 aliphatic rings. The van der Waals surface area contributed by atoms with Crippen LogP contribution in [0.5, 0.6) is 0 Å². The van der Waals surface area contributed by atoms with Gasteiger partial charge in [0.15, 0.2) is 0 Å². The van der Waals surface area contributed by atoms with Gasteiger partial charge < -0.3 is 10.2 Å². The number of carbonyl (C=O) groups excluding carboxylic acids is 1. The molecule has 1 aromatic heterocycles. The Morgan fingerprint density at radius 1 is 1.09 bits per heavy atom. The maximum atomic E-state index is 13.1. The van der Waals surface area contributed by atoms with Gasteiger partial charge in [-0.1, -0.05) is 35.3 Å². The average molecular weight is 494 g/mol. The fraction of sp³-hybridized carbons (Fsp3) is 0.318. The molecule has 0 atom stereocenters. The number of nitrogens with zero attached hydrogens (tertiary/aromatic N) is 4. The van der Waals surface area contributed by atoms with Crippen LogP contribution in [0.4, 0.5) is 9.52 Å². The first-order valence-corrected chi connectivity index (χ1v) is 11.8. The van der Waals surface area contributed by atoms with Gasteiger partial charge in [0.05, 0.1) is 10.6 Å². The summed E-state index contributed by atoms with van der Waals surface area (Å²) in [6.45, 7) is 4.76. The number of rotatable bonds is 7. The first-order chi connectivity index (χ1) is 15.5. The van der Waals surface area contributed by atoms with Crippen LogP contribution < -0.4 is 10.2 Å². The standard InChI is InChI=1S/C22H22Cl2FN5OS/c23-16-3-6-18(19(24)14-16)21(31)26-7-8-29-9-11-30(12-10-29)22-27-20(28-32-22)13-15-1-4-17(25)5-2-15/h1-6,14H,7-13H2,(H,26,31). The number of halogens is 3. The monoisotopic (exact) mass is 493 g/mol. The second-order valence-corrected chi connectivity index (χ2v) is 9.08. The Kier molecular flexibility index (Phi) is 7.57. The van der Waals surface area contributed by atoms with Crippen LogP contribution in [-0.4, -0.2) is 59.4 Å². The van der Waals surface area contributed by atoms with Crippen molar-refractivity contribution in [1.29, 1.82) is 0 Å². The maximum Gasteiger partial charge on any atom is 0.252 e. The number of anilines is 1. The third-order valence-electron chi connectivity index (χ3n) is 5.27. The first-order valence-electron chi connectivity index (χ1n) is 10.3. The zero-order chi connectivity index (χ0) is 22.5. The van der Waals surface area contributed by atoms with Crippen LogP contribution >= 0.6 is 34.7 Å². The van der Waals surface area contributed by atoms with Crippen molar-refractivity contribution in [2.75, 3.05) is 44.2 Å². The molecule has 3 aromatic rings. The highest BCUT2D eigenvalue weighted by Crippen LogP contribution is 2.22. The Balaban J connectivity index is 1.21. The highest BCUT2D eigenvalue weighted by Gasteiger charge is 2.20. The molecule has 1 amide bonds. The number of piperazine rings is 1. The lowest BCUT2D eigenvalue weighted by molar-refractivity contribution is 0.0948. The molecule has 1 aliphatic heterocycles. The lowest BCUT2D eigenvalue weighted by atomic mass is 10.1. The van der Waals surface area contributed by atoms with Gasteiger partial charge in [0.1, 0.15) is 11.6 Å². The normalized spacial score (nSPS) is 14.5. The SMILES string of the molecule is O=C(NCCN1CCN(c2nc(Cc3ccc(F)cc3)ns2)CC1)c1ccc(Cl)cc1Cl. The molecular weight excluding hydrogens is 472 g/mol. The zero-order valence-corrected chi connectivity index (χ0v) is 19.6. The van der Waals surface area contributed by atoms with E-state index in [1.165, 1.54) is 23.7 Å². The number of aromatic nitrogens is 2. The quantitative estimate of drug-likeness (QED) is 0.536. The van der Waals surface area contributed by atoms with Crippen molar-refractivity contribution in [3.63, 3.8) is 0 Å². The van der Waals surface area contributed by atoms with Crippen LogP contribution in [0.3, 0.4) is 0 Å². The fourth-order valence-electron chi connectivity index (χ4n) is 3.49. The minimum atomic E-state index is -0.244. The smallest absolute Gasteiger partial charge is 0.252 e. The van der Waals surface area contributed by atoms with Gasteiger partial charge in [-0.2, -0.15) is 4.37 Å². The molecule has 32 heavy (non-hydrogen) atoms. The van der Waals surface area contributed by atoms with E-state index in [0.717, 1.165) is 49.2 Å². The fourth-order valence-corrected chi connectivity index (χ4v) is 4.72. The number of amides is 1. The summed E-state index contributed by atoms with van der Waals surface area (Å²) in [5, 5.41) is 4.67. The summed E-state index contributed by atoms with van der Waals surface area (Å²) in [5.74, 6) is 0.308. The van der Waals surface area contributed by atoms with Gasteiger partial charge >= 0.3 is 0 Å². The zero-order valence-electron chi connectivity index (χ0n) is 17.2. The van der Waals surface area contributed by atoms with E-state index in [9.17, 15) is 9.18 Å². The summed E-state index contributed by atoms with van der Waals surface area (Å²) < 4.78 is 17.5. The molecule has 0 unspecified atom stereocenters. The molecule has 0 aliphatic carbocycles. The van der Waals surface area contributed by atoms with Crippen molar-refractivity contribution in [3.05, 3.63) is 75.3 Å². The van der Waals surface area contributed by atoms with Gasteiger partial charge in [-0.05, 0) is 35.9 Å². The number of carbonyl (C=O) groups is 1. The Hall–Kier alpha value is -2.26. The van der Waals surface area contributed by atoms with Crippen LogP contribution in [0, 0.1) is 5.82 Å². The third kappa shape index (κ3) is 5.95. The Morgan fingerprint density at radius 2 is 1.84 bits per heavy atom. The molecule has 2 aromatic carbocycles. The van der Waals surface area contributed by atoms with Crippen molar-refractivity contribution in [2.24, 2.45) is 0 Å². The van der Waals surface area contributed by atoms with Gasteiger partial charge in [0, 0.05) is 62.2 Å². The largest absolute Gasteiger partial charge is 0.351 e. The number of hydrogen-bond donors (Lipinski definition) is 1. The summed E-state index contributed by atoms with van der Waals surface area (Å²) >= 11 is 13.4. The molecule has 0 radical (unpaired) electrons. The minimum Gasteiger partial charge on any atom is -0.351 e. The second-order valence-electron chi connectivity index (χ2n) is 7.51. The predicted molar refractivity (Wildman–Crippen MR) is 127 cm³/mol. The highest BCUT2D eigenvalue weighted by atomic mass is 35.5. The molecule has 2 heterocycles. The van der Waals surface area contributed by atoms with Gasteiger partial charge in [-0.25, -0.2) is 9.37 Å².